The quantitative estimate of drug-likeness (QED) is 0.610. The van der Waals surface area contributed by atoms with E-state index in [1.165, 1.54) is 0 Å². The van der Waals surface area contributed by atoms with Gasteiger partial charge >= 0.3 is 5.97 Å². The number of carboxylic acids is 1. The first-order valence-electron chi connectivity index (χ1n) is 8.53. The van der Waals surface area contributed by atoms with Crippen molar-refractivity contribution >= 4 is 22.3 Å². The molecule has 0 fully saturated rings. The van der Waals surface area contributed by atoms with Gasteiger partial charge in [-0.2, -0.15) is 0 Å². The molecule has 2 rings (SSSR count). The maximum absolute atomic E-state index is 12.4. The number of allylic oxidation sites excluding steroid dienone is 5. The van der Waals surface area contributed by atoms with Crippen molar-refractivity contribution in [3.63, 3.8) is 0 Å². The van der Waals surface area contributed by atoms with Crippen LogP contribution in [0.4, 0.5) is 0 Å². The monoisotopic (exact) mass is 374 g/mol. The summed E-state index contributed by atoms with van der Waals surface area (Å²) in [4.78, 5) is 11.5. The Morgan fingerprint density at radius 3 is 2.62 bits per heavy atom. The van der Waals surface area contributed by atoms with Crippen molar-refractivity contribution in [3.8, 4) is 5.75 Å². The van der Waals surface area contributed by atoms with Crippen molar-refractivity contribution in [2.24, 2.45) is 0 Å². The van der Waals surface area contributed by atoms with Gasteiger partial charge in [0.15, 0.2) is 0 Å². The largest absolute Gasteiger partial charge is 0.496 e. The Balaban J connectivity index is 2.46. The van der Waals surface area contributed by atoms with Crippen LogP contribution < -0.4 is 4.74 Å². The second-order valence-electron chi connectivity index (χ2n) is 7.17. The van der Waals surface area contributed by atoms with E-state index in [2.05, 4.69) is 19.9 Å². The van der Waals surface area contributed by atoms with Gasteiger partial charge in [-0.05, 0) is 54.5 Å². The molecule has 1 aliphatic heterocycles. The van der Waals surface area contributed by atoms with E-state index in [-0.39, 0.29) is 5.41 Å². The summed E-state index contributed by atoms with van der Waals surface area (Å²) < 4.78 is 18.0. The molecule has 1 aliphatic rings. The summed E-state index contributed by atoms with van der Waals surface area (Å²) in [6, 6.07) is 3.99. The second kappa shape index (κ2) is 8.04. The van der Waals surface area contributed by atoms with Gasteiger partial charge in [0.2, 0.25) is 0 Å². The number of ether oxygens (including phenoxy) is 1. The molecule has 1 unspecified atom stereocenters. The summed E-state index contributed by atoms with van der Waals surface area (Å²) in [5, 5.41) is 8.75. The zero-order valence-electron chi connectivity index (χ0n) is 16.0. The van der Waals surface area contributed by atoms with Gasteiger partial charge in [0.1, 0.15) is 5.75 Å². The third kappa shape index (κ3) is 4.52. The number of benzene rings is 1. The molecule has 4 nitrogen and oxygen atoms in total. The predicted molar refractivity (Wildman–Crippen MR) is 106 cm³/mol. The molecule has 0 saturated carbocycles. The van der Waals surface area contributed by atoms with Gasteiger partial charge in [0.05, 0.1) is 17.9 Å². The fourth-order valence-electron chi connectivity index (χ4n) is 3.02. The number of carbonyl (C=O) groups is 1. The molecule has 140 valence electrons. The highest BCUT2D eigenvalue weighted by molar-refractivity contribution is 7.85. The van der Waals surface area contributed by atoms with E-state index >= 15 is 0 Å². The number of hydrogen-bond donors (Lipinski definition) is 1. The van der Waals surface area contributed by atoms with Crippen LogP contribution >= 0.6 is 0 Å². The van der Waals surface area contributed by atoms with Crippen LogP contribution in [0.3, 0.4) is 0 Å². The molecule has 1 N–H and O–H groups in total. The molecule has 0 radical (unpaired) electrons. The van der Waals surface area contributed by atoms with E-state index < -0.39 is 16.8 Å². The second-order valence-corrected chi connectivity index (χ2v) is 8.71. The van der Waals surface area contributed by atoms with Gasteiger partial charge in [-0.25, -0.2) is 4.79 Å². The minimum Gasteiger partial charge on any atom is -0.496 e. The molecule has 26 heavy (non-hydrogen) atoms. The van der Waals surface area contributed by atoms with Gasteiger partial charge in [-0.3, -0.25) is 4.21 Å². The van der Waals surface area contributed by atoms with Crippen LogP contribution in [0.5, 0.6) is 5.75 Å². The Morgan fingerprint density at radius 2 is 2.00 bits per heavy atom. The normalized spacial score (nSPS) is 20.1. The van der Waals surface area contributed by atoms with E-state index in [0.717, 1.165) is 34.1 Å². The molecule has 0 spiro atoms. The molecule has 1 aromatic rings. The molecular formula is C21H26O4S. The number of fused-ring (bicyclic) bond motifs is 1. The number of aliphatic carboxylic acids is 1. The van der Waals surface area contributed by atoms with Gasteiger partial charge in [-0.15, -0.1) is 0 Å². The van der Waals surface area contributed by atoms with Crippen molar-refractivity contribution in [1.82, 2.24) is 0 Å². The molecule has 5 heteroatoms. The Kier molecular flexibility index (Phi) is 6.24. The zero-order chi connectivity index (χ0) is 19.5. The smallest absolute Gasteiger partial charge is 0.328 e. The van der Waals surface area contributed by atoms with E-state index in [9.17, 15) is 9.00 Å². The van der Waals surface area contributed by atoms with Crippen LogP contribution in [-0.2, 0) is 21.0 Å². The number of carboxylic acid groups (broad SMARTS) is 1. The first-order valence-corrected chi connectivity index (χ1v) is 9.85. The maximum atomic E-state index is 12.4. The van der Waals surface area contributed by atoms with E-state index in [0.29, 0.717) is 17.1 Å². The SMILES string of the molecule is COc1cc2c(cc1/C(C)=C/C=C/C(C)=C/C(=O)O)C(C)(C)CCS2=O. The third-order valence-electron chi connectivity index (χ3n) is 4.67. The maximum Gasteiger partial charge on any atom is 0.328 e. The number of hydrogen-bond acceptors (Lipinski definition) is 3. The summed E-state index contributed by atoms with van der Waals surface area (Å²) >= 11 is 0. The van der Waals surface area contributed by atoms with Crippen LogP contribution in [-0.4, -0.2) is 28.1 Å². The van der Waals surface area contributed by atoms with Gasteiger partial charge in [0.25, 0.3) is 0 Å². The highest BCUT2D eigenvalue weighted by atomic mass is 32.2. The van der Waals surface area contributed by atoms with Crippen LogP contribution in [0.1, 0.15) is 45.2 Å². The molecular weight excluding hydrogens is 348 g/mol. The lowest BCUT2D eigenvalue weighted by molar-refractivity contribution is -0.131. The van der Waals surface area contributed by atoms with Crippen LogP contribution in [0.15, 0.2) is 46.9 Å². The molecule has 1 aromatic carbocycles. The van der Waals surface area contributed by atoms with E-state index in [1.54, 1.807) is 20.1 Å². The first kappa shape index (κ1) is 20.2. The minimum atomic E-state index is -0.989. The molecule has 0 amide bonds. The fourth-order valence-corrected chi connectivity index (χ4v) is 4.76. The zero-order valence-corrected chi connectivity index (χ0v) is 16.8. The van der Waals surface area contributed by atoms with Crippen LogP contribution in [0, 0.1) is 0 Å². The lowest BCUT2D eigenvalue weighted by Crippen LogP contribution is -2.27. The molecule has 1 heterocycles. The lowest BCUT2D eigenvalue weighted by Gasteiger charge is -2.33. The van der Waals surface area contributed by atoms with Crippen molar-refractivity contribution in [3.05, 3.63) is 53.1 Å². The molecule has 0 bridgehead atoms. The van der Waals surface area contributed by atoms with E-state index in [1.807, 2.05) is 25.1 Å². The summed E-state index contributed by atoms with van der Waals surface area (Å²) in [5.41, 5.74) is 3.70. The van der Waals surface area contributed by atoms with Crippen molar-refractivity contribution in [1.29, 1.82) is 0 Å². The Hall–Kier alpha value is -2.14. The third-order valence-corrected chi connectivity index (χ3v) is 6.07. The average molecular weight is 375 g/mol. The Bertz CT molecular complexity index is 829. The standard InChI is InChI=1S/C21H26O4S/c1-14(11-20(22)23)7-6-8-15(2)16-12-17-19(13-18(16)25-5)26(24)10-9-21(17,3)4/h6-8,11-13H,9-10H2,1-5H3,(H,22,23)/b7-6+,14-11+,15-8+. The predicted octanol–water partition coefficient (Wildman–Crippen LogP) is 4.47. The number of rotatable bonds is 5. The highest BCUT2D eigenvalue weighted by Crippen LogP contribution is 2.41. The summed E-state index contributed by atoms with van der Waals surface area (Å²) in [6.07, 6.45) is 7.56. The van der Waals surface area contributed by atoms with Crippen molar-refractivity contribution in [2.75, 3.05) is 12.9 Å². The molecule has 1 atom stereocenters. The fraction of sp³-hybridized carbons (Fsp3) is 0.381. The van der Waals surface area contributed by atoms with Gasteiger partial charge < -0.3 is 9.84 Å². The molecule has 0 aromatic heterocycles. The topological polar surface area (TPSA) is 63.6 Å². The van der Waals surface area contributed by atoms with Gasteiger partial charge in [-0.1, -0.05) is 32.1 Å². The molecule has 0 aliphatic carbocycles. The molecule has 0 saturated heterocycles. The summed E-state index contributed by atoms with van der Waals surface area (Å²) in [6.45, 7) is 8.08. The Morgan fingerprint density at radius 1 is 1.31 bits per heavy atom. The van der Waals surface area contributed by atoms with Crippen molar-refractivity contribution in [2.45, 2.75) is 44.4 Å². The summed E-state index contributed by atoms with van der Waals surface area (Å²) in [5.74, 6) is 0.420. The number of methoxy groups -OCH3 is 1. The van der Waals surface area contributed by atoms with E-state index in [4.69, 9.17) is 9.84 Å². The van der Waals surface area contributed by atoms with Crippen LogP contribution in [0.25, 0.3) is 5.57 Å². The highest BCUT2D eigenvalue weighted by Gasteiger charge is 2.32. The Labute approximate surface area is 157 Å². The van der Waals surface area contributed by atoms with Crippen molar-refractivity contribution < 1.29 is 18.8 Å². The lowest BCUT2D eigenvalue weighted by atomic mass is 9.80. The van der Waals surface area contributed by atoms with Crippen LogP contribution in [0.2, 0.25) is 0 Å². The first-order chi connectivity index (χ1) is 12.2. The van der Waals surface area contributed by atoms with Gasteiger partial charge in [0, 0.05) is 22.3 Å². The minimum absolute atomic E-state index is 0.0266. The summed E-state index contributed by atoms with van der Waals surface area (Å²) in [7, 11) is 0.627. The average Bonchev–Trinajstić information content (AvgIpc) is 2.56.